The lowest BCUT2D eigenvalue weighted by atomic mass is 10.0. The van der Waals surface area contributed by atoms with E-state index in [4.69, 9.17) is 33.8 Å². The largest absolute Gasteiger partial charge is 0.495 e. The molecule has 2 rings (SSSR count). The minimum atomic E-state index is -0.261. The minimum absolute atomic E-state index is 0.261. The standard InChI is InChI=1S/C13H13Cl2N3O/c1-19-12-6-8(2-4-10(12)15)13(18-16)11-5-3-9(14)7-17-11/h2-7,13,18H,16H2,1H3. The molecule has 1 atom stereocenters. The SMILES string of the molecule is COc1cc(C(NN)c2ccc(Cl)cn2)ccc1Cl. The predicted octanol–water partition coefficient (Wildman–Crippen LogP) is 2.95. The molecule has 19 heavy (non-hydrogen) atoms. The van der Waals surface area contributed by atoms with Crippen molar-refractivity contribution in [2.45, 2.75) is 6.04 Å². The molecular weight excluding hydrogens is 285 g/mol. The second-order valence-corrected chi connectivity index (χ2v) is 4.74. The third-order valence-corrected chi connectivity index (χ3v) is 3.26. The van der Waals surface area contributed by atoms with Crippen LogP contribution in [0.5, 0.6) is 5.75 Å². The van der Waals surface area contributed by atoms with Crippen LogP contribution < -0.4 is 16.0 Å². The summed E-state index contributed by atoms with van der Waals surface area (Å²) in [6.45, 7) is 0. The first-order valence-electron chi connectivity index (χ1n) is 5.56. The number of nitrogens with two attached hydrogens (primary N) is 1. The van der Waals surface area contributed by atoms with Gasteiger partial charge < -0.3 is 4.74 Å². The Morgan fingerprint density at radius 2 is 2.05 bits per heavy atom. The van der Waals surface area contributed by atoms with E-state index in [0.29, 0.717) is 15.8 Å². The Kier molecular flexibility index (Phi) is 4.61. The van der Waals surface area contributed by atoms with Crippen LogP contribution in [0.4, 0.5) is 0 Å². The highest BCUT2D eigenvalue weighted by Gasteiger charge is 2.15. The van der Waals surface area contributed by atoms with Gasteiger partial charge in [0.25, 0.3) is 0 Å². The van der Waals surface area contributed by atoms with Gasteiger partial charge in [0.1, 0.15) is 5.75 Å². The van der Waals surface area contributed by atoms with Crippen LogP contribution in [0.25, 0.3) is 0 Å². The minimum Gasteiger partial charge on any atom is -0.495 e. The quantitative estimate of drug-likeness (QED) is 0.673. The van der Waals surface area contributed by atoms with Crippen molar-refractivity contribution in [1.29, 1.82) is 0 Å². The summed E-state index contributed by atoms with van der Waals surface area (Å²) in [5, 5.41) is 1.12. The van der Waals surface area contributed by atoms with Gasteiger partial charge in [0, 0.05) is 6.20 Å². The number of hydrazine groups is 1. The van der Waals surface area contributed by atoms with Gasteiger partial charge in [-0.3, -0.25) is 10.8 Å². The third-order valence-electron chi connectivity index (χ3n) is 2.72. The van der Waals surface area contributed by atoms with Crippen LogP contribution in [0.2, 0.25) is 10.0 Å². The van der Waals surface area contributed by atoms with Crippen LogP contribution in [0.3, 0.4) is 0 Å². The summed E-state index contributed by atoms with van der Waals surface area (Å²) < 4.78 is 5.19. The summed E-state index contributed by atoms with van der Waals surface area (Å²) >= 11 is 11.8. The first-order chi connectivity index (χ1) is 9.15. The van der Waals surface area contributed by atoms with Crippen LogP contribution in [0.15, 0.2) is 36.5 Å². The molecule has 0 fully saturated rings. The van der Waals surface area contributed by atoms with E-state index in [1.54, 1.807) is 25.4 Å². The van der Waals surface area contributed by atoms with Crippen LogP contribution in [0.1, 0.15) is 17.3 Å². The average molecular weight is 298 g/mol. The number of nitrogens with one attached hydrogen (secondary N) is 1. The molecule has 0 aliphatic heterocycles. The van der Waals surface area contributed by atoms with Crippen LogP contribution in [-0.2, 0) is 0 Å². The highest BCUT2D eigenvalue weighted by molar-refractivity contribution is 6.32. The molecule has 1 aromatic heterocycles. The van der Waals surface area contributed by atoms with E-state index in [1.165, 1.54) is 0 Å². The van der Waals surface area contributed by atoms with Gasteiger partial charge in [-0.05, 0) is 29.8 Å². The summed E-state index contributed by atoms with van der Waals surface area (Å²) in [7, 11) is 1.57. The van der Waals surface area contributed by atoms with Crippen LogP contribution in [0, 0.1) is 0 Å². The Balaban J connectivity index is 2.39. The Hall–Kier alpha value is -1.33. The van der Waals surface area contributed by atoms with Gasteiger partial charge in [-0.25, -0.2) is 5.43 Å². The number of benzene rings is 1. The van der Waals surface area contributed by atoms with E-state index in [1.807, 2.05) is 18.2 Å². The molecule has 0 bridgehead atoms. The first kappa shape index (κ1) is 14.1. The lowest BCUT2D eigenvalue weighted by Gasteiger charge is -2.17. The number of hydrogen-bond acceptors (Lipinski definition) is 4. The maximum Gasteiger partial charge on any atom is 0.137 e. The normalized spacial score (nSPS) is 12.2. The lowest BCUT2D eigenvalue weighted by molar-refractivity contribution is 0.414. The molecule has 100 valence electrons. The Morgan fingerprint density at radius 3 is 2.63 bits per heavy atom. The van der Waals surface area contributed by atoms with Crippen LogP contribution in [-0.4, -0.2) is 12.1 Å². The van der Waals surface area contributed by atoms with Crippen molar-refractivity contribution in [3.63, 3.8) is 0 Å². The Bertz CT molecular complexity index is 560. The summed E-state index contributed by atoms with van der Waals surface area (Å²) in [4.78, 5) is 4.26. The molecule has 1 aromatic carbocycles. The lowest BCUT2D eigenvalue weighted by Crippen LogP contribution is -2.29. The van der Waals surface area contributed by atoms with Gasteiger partial charge in [0.15, 0.2) is 0 Å². The average Bonchev–Trinajstić information content (AvgIpc) is 2.43. The predicted molar refractivity (Wildman–Crippen MR) is 76.4 cm³/mol. The highest BCUT2D eigenvalue weighted by atomic mass is 35.5. The fourth-order valence-corrected chi connectivity index (χ4v) is 2.07. The van der Waals surface area contributed by atoms with Gasteiger partial charge in [0.2, 0.25) is 0 Å². The third kappa shape index (κ3) is 3.16. The van der Waals surface area contributed by atoms with Crippen molar-refractivity contribution in [3.05, 3.63) is 57.8 Å². The van der Waals surface area contributed by atoms with Gasteiger partial charge in [-0.15, -0.1) is 0 Å². The monoisotopic (exact) mass is 297 g/mol. The summed E-state index contributed by atoms with van der Waals surface area (Å²) in [5.74, 6) is 6.20. The fraction of sp³-hybridized carbons (Fsp3) is 0.154. The smallest absolute Gasteiger partial charge is 0.137 e. The molecule has 0 amide bonds. The molecule has 0 saturated heterocycles. The Labute approximate surface area is 121 Å². The molecular formula is C13H13Cl2N3O. The number of methoxy groups -OCH3 is 1. The van der Waals surface area contributed by atoms with E-state index in [9.17, 15) is 0 Å². The maximum absolute atomic E-state index is 6.00. The molecule has 1 unspecified atom stereocenters. The number of pyridine rings is 1. The molecule has 2 aromatic rings. The summed E-state index contributed by atoms with van der Waals surface area (Å²) in [6, 6.07) is 8.77. The van der Waals surface area contributed by atoms with Crippen molar-refractivity contribution in [1.82, 2.24) is 10.4 Å². The van der Waals surface area contributed by atoms with Crippen molar-refractivity contribution in [3.8, 4) is 5.75 Å². The number of ether oxygens (including phenoxy) is 1. The van der Waals surface area contributed by atoms with E-state index >= 15 is 0 Å². The zero-order valence-corrected chi connectivity index (χ0v) is 11.7. The first-order valence-corrected chi connectivity index (χ1v) is 6.32. The van der Waals surface area contributed by atoms with Crippen LogP contribution >= 0.6 is 23.2 Å². The van der Waals surface area contributed by atoms with Gasteiger partial charge in [0.05, 0.1) is 28.9 Å². The van der Waals surface area contributed by atoms with Crippen molar-refractivity contribution >= 4 is 23.2 Å². The van der Waals surface area contributed by atoms with Gasteiger partial charge in [-0.2, -0.15) is 0 Å². The molecule has 0 saturated carbocycles. The molecule has 4 nitrogen and oxygen atoms in total. The summed E-state index contributed by atoms with van der Waals surface area (Å²) in [6.07, 6.45) is 1.58. The number of hydrogen-bond donors (Lipinski definition) is 2. The van der Waals surface area contributed by atoms with E-state index in [2.05, 4.69) is 10.4 Å². The van der Waals surface area contributed by atoms with Gasteiger partial charge >= 0.3 is 0 Å². The van der Waals surface area contributed by atoms with Gasteiger partial charge in [-0.1, -0.05) is 29.3 Å². The van der Waals surface area contributed by atoms with Crippen molar-refractivity contribution in [2.24, 2.45) is 5.84 Å². The van der Waals surface area contributed by atoms with E-state index < -0.39 is 0 Å². The maximum atomic E-state index is 6.00. The molecule has 6 heteroatoms. The fourth-order valence-electron chi connectivity index (χ4n) is 1.77. The van der Waals surface area contributed by atoms with Crippen molar-refractivity contribution < 1.29 is 4.74 Å². The number of halogens is 2. The van der Waals surface area contributed by atoms with E-state index in [-0.39, 0.29) is 6.04 Å². The molecule has 0 radical (unpaired) electrons. The zero-order chi connectivity index (χ0) is 13.8. The number of nitrogens with zero attached hydrogens (tertiary/aromatic N) is 1. The molecule has 0 aliphatic carbocycles. The Morgan fingerprint density at radius 1 is 1.26 bits per heavy atom. The zero-order valence-electron chi connectivity index (χ0n) is 10.2. The molecule has 3 N–H and O–H groups in total. The number of aromatic nitrogens is 1. The highest BCUT2D eigenvalue weighted by Crippen LogP contribution is 2.29. The molecule has 0 spiro atoms. The van der Waals surface area contributed by atoms with E-state index in [0.717, 1.165) is 11.3 Å². The second-order valence-electron chi connectivity index (χ2n) is 3.89. The summed E-state index contributed by atoms with van der Waals surface area (Å²) in [5.41, 5.74) is 4.38. The van der Waals surface area contributed by atoms with Crippen molar-refractivity contribution in [2.75, 3.05) is 7.11 Å². The topological polar surface area (TPSA) is 60.2 Å². The number of rotatable bonds is 4. The molecule has 1 heterocycles. The molecule has 0 aliphatic rings. The second kappa shape index (κ2) is 6.21.